The summed E-state index contributed by atoms with van der Waals surface area (Å²) in [5.41, 5.74) is 3.03. The maximum absolute atomic E-state index is 12.6. The topological polar surface area (TPSA) is 79.5 Å². The van der Waals surface area contributed by atoms with Crippen LogP contribution in [-0.4, -0.2) is 48.2 Å². The van der Waals surface area contributed by atoms with Crippen molar-refractivity contribution in [2.45, 2.75) is 25.3 Å². The second-order valence-corrected chi connectivity index (χ2v) is 7.25. The van der Waals surface area contributed by atoms with Crippen LogP contribution in [0.4, 0.5) is 4.79 Å². The summed E-state index contributed by atoms with van der Waals surface area (Å²) in [5.74, 6) is 2.72. The van der Waals surface area contributed by atoms with Crippen molar-refractivity contribution in [3.05, 3.63) is 53.9 Å². The van der Waals surface area contributed by atoms with Gasteiger partial charge in [0.25, 0.3) is 0 Å². The van der Waals surface area contributed by atoms with Crippen LogP contribution in [0.5, 0.6) is 11.5 Å². The van der Waals surface area contributed by atoms with Crippen molar-refractivity contribution in [2.75, 3.05) is 27.3 Å². The highest BCUT2D eigenvalue weighted by Crippen LogP contribution is 2.29. The van der Waals surface area contributed by atoms with Crippen LogP contribution in [0.25, 0.3) is 11.0 Å². The number of nitrogens with zero attached hydrogens (tertiary/aromatic N) is 2. The van der Waals surface area contributed by atoms with Gasteiger partial charge in [0, 0.05) is 25.6 Å². The van der Waals surface area contributed by atoms with Crippen LogP contribution in [0.3, 0.4) is 0 Å². The Morgan fingerprint density at radius 1 is 1.14 bits per heavy atom. The van der Waals surface area contributed by atoms with Gasteiger partial charge in [0.1, 0.15) is 5.82 Å². The van der Waals surface area contributed by atoms with Gasteiger partial charge in [-0.25, -0.2) is 9.78 Å². The molecule has 1 aliphatic rings. The number of urea groups is 1. The fourth-order valence-corrected chi connectivity index (χ4v) is 3.80. The monoisotopic (exact) mass is 394 g/mol. The summed E-state index contributed by atoms with van der Waals surface area (Å²) in [5, 5.41) is 3.00. The third-order valence-corrected chi connectivity index (χ3v) is 5.47. The summed E-state index contributed by atoms with van der Waals surface area (Å²) in [6.07, 6.45) is 1.81. The Hall–Kier alpha value is -3.22. The lowest BCUT2D eigenvalue weighted by atomic mass is 9.96. The number of ether oxygens (including phenoxy) is 2. The Morgan fingerprint density at radius 3 is 2.62 bits per heavy atom. The molecule has 4 rings (SSSR count). The Kier molecular flexibility index (Phi) is 5.55. The number of aromatic nitrogens is 2. The van der Waals surface area contributed by atoms with Crippen molar-refractivity contribution in [2.24, 2.45) is 0 Å². The number of piperidine rings is 1. The first-order chi connectivity index (χ1) is 14.2. The van der Waals surface area contributed by atoms with E-state index in [1.165, 1.54) is 0 Å². The Bertz CT molecular complexity index is 960. The number of nitrogens with one attached hydrogen (secondary N) is 2. The van der Waals surface area contributed by atoms with Crippen LogP contribution in [-0.2, 0) is 6.54 Å². The zero-order valence-corrected chi connectivity index (χ0v) is 16.8. The molecule has 7 heteroatoms. The molecule has 29 heavy (non-hydrogen) atoms. The van der Waals surface area contributed by atoms with Crippen molar-refractivity contribution >= 4 is 17.1 Å². The SMILES string of the molecule is COc1ccc(CNC(=O)N2CCC(c3nc4ccccc4[nH]3)CC2)cc1OC. The number of para-hydroxylation sites is 2. The number of imidazole rings is 1. The van der Waals surface area contributed by atoms with Gasteiger partial charge in [-0.15, -0.1) is 0 Å². The predicted molar refractivity (Wildman–Crippen MR) is 111 cm³/mol. The molecule has 0 saturated carbocycles. The Labute approximate surface area is 170 Å². The number of likely N-dealkylation sites (tertiary alicyclic amines) is 1. The molecule has 1 aliphatic heterocycles. The zero-order valence-electron chi connectivity index (χ0n) is 16.8. The van der Waals surface area contributed by atoms with Gasteiger partial charge in [-0.3, -0.25) is 0 Å². The van der Waals surface area contributed by atoms with E-state index in [9.17, 15) is 4.79 Å². The van der Waals surface area contributed by atoms with Crippen LogP contribution in [0.1, 0.15) is 30.1 Å². The second kappa shape index (κ2) is 8.43. The van der Waals surface area contributed by atoms with Gasteiger partial charge in [0.15, 0.2) is 11.5 Å². The minimum Gasteiger partial charge on any atom is -0.493 e. The lowest BCUT2D eigenvalue weighted by Gasteiger charge is -2.31. The highest BCUT2D eigenvalue weighted by molar-refractivity contribution is 5.75. The minimum absolute atomic E-state index is 0.0390. The number of rotatable bonds is 5. The number of carbonyl (C=O) groups is 1. The number of hydrogen-bond acceptors (Lipinski definition) is 4. The molecule has 0 unspecified atom stereocenters. The van der Waals surface area contributed by atoms with Gasteiger partial charge in [-0.05, 0) is 42.7 Å². The summed E-state index contributed by atoms with van der Waals surface area (Å²) in [6.45, 7) is 1.89. The molecule has 2 heterocycles. The smallest absolute Gasteiger partial charge is 0.317 e. The molecule has 2 amide bonds. The van der Waals surface area contributed by atoms with Gasteiger partial charge < -0.3 is 24.7 Å². The normalized spacial score (nSPS) is 14.8. The van der Waals surface area contributed by atoms with Crippen LogP contribution in [0, 0.1) is 0 Å². The molecule has 152 valence electrons. The van der Waals surface area contributed by atoms with Crippen molar-refractivity contribution in [1.29, 1.82) is 0 Å². The number of H-pyrrole nitrogens is 1. The van der Waals surface area contributed by atoms with Crippen molar-refractivity contribution < 1.29 is 14.3 Å². The molecule has 7 nitrogen and oxygen atoms in total. The van der Waals surface area contributed by atoms with E-state index in [4.69, 9.17) is 14.5 Å². The Balaban J connectivity index is 1.31. The van der Waals surface area contributed by atoms with Crippen LogP contribution in [0.15, 0.2) is 42.5 Å². The summed E-state index contributed by atoms with van der Waals surface area (Å²) in [7, 11) is 3.21. The second-order valence-electron chi connectivity index (χ2n) is 7.25. The van der Waals surface area contributed by atoms with Gasteiger partial charge in [0.2, 0.25) is 0 Å². The molecule has 0 atom stereocenters. The summed E-state index contributed by atoms with van der Waals surface area (Å²) in [4.78, 5) is 22.6. The first-order valence-electron chi connectivity index (χ1n) is 9.86. The van der Waals surface area contributed by atoms with Gasteiger partial charge in [0.05, 0.1) is 25.3 Å². The Morgan fingerprint density at radius 2 is 1.90 bits per heavy atom. The largest absolute Gasteiger partial charge is 0.493 e. The average Bonchev–Trinajstić information content (AvgIpc) is 3.21. The molecule has 1 fully saturated rings. The molecule has 0 spiro atoms. The van der Waals surface area contributed by atoms with Crippen molar-refractivity contribution in [3.63, 3.8) is 0 Å². The molecular weight excluding hydrogens is 368 g/mol. The lowest BCUT2D eigenvalue weighted by Crippen LogP contribution is -2.43. The van der Waals surface area contributed by atoms with E-state index < -0.39 is 0 Å². The lowest BCUT2D eigenvalue weighted by molar-refractivity contribution is 0.180. The minimum atomic E-state index is -0.0390. The molecule has 3 aromatic rings. The molecule has 0 radical (unpaired) electrons. The van der Waals surface area contributed by atoms with E-state index in [1.54, 1.807) is 14.2 Å². The molecule has 2 N–H and O–H groups in total. The van der Waals surface area contributed by atoms with Crippen molar-refractivity contribution in [1.82, 2.24) is 20.2 Å². The number of hydrogen-bond donors (Lipinski definition) is 2. The van der Waals surface area contributed by atoms with E-state index in [1.807, 2.05) is 47.4 Å². The van der Waals surface area contributed by atoms with Gasteiger partial charge >= 0.3 is 6.03 Å². The maximum atomic E-state index is 12.6. The van der Waals surface area contributed by atoms with E-state index in [-0.39, 0.29) is 6.03 Å². The molecule has 0 aliphatic carbocycles. The number of carbonyl (C=O) groups excluding carboxylic acids is 1. The van der Waals surface area contributed by atoms with Crippen LogP contribution < -0.4 is 14.8 Å². The molecular formula is C22H26N4O3. The van der Waals surface area contributed by atoms with Crippen LogP contribution in [0.2, 0.25) is 0 Å². The standard InChI is InChI=1S/C22H26N4O3/c1-28-19-8-7-15(13-20(19)29-2)14-23-22(27)26-11-9-16(10-12-26)21-24-17-5-3-4-6-18(17)25-21/h3-8,13,16H,9-12,14H2,1-2H3,(H,23,27)(H,24,25). The number of fused-ring (bicyclic) bond motifs is 1. The van der Waals surface area contributed by atoms with E-state index in [2.05, 4.69) is 10.3 Å². The summed E-state index contributed by atoms with van der Waals surface area (Å²) in [6, 6.07) is 13.7. The maximum Gasteiger partial charge on any atom is 0.317 e. The van der Waals surface area contributed by atoms with Gasteiger partial charge in [-0.1, -0.05) is 18.2 Å². The molecule has 1 aromatic heterocycles. The zero-order chi connectivity index (χ0) is 20.2. The van der Waals surface area contributed by atoms with E-state index in [0.29, 0.717) is 24.0 Å². The fourth-order valence-electron chi connectivity index (χ4n) is 3.80. The highest BCUT2D eigenvalue weighted by atomic mass is 16.5. The van der Waals surface area contributed by atoms with E-state index >= 15 is 0 Å². The molecule has 1 saturated heterocycles. The summed E-state index contributed by atoms with van der Waals surface area (Å²) < 4.78 is 10.6. The predicted octanol–water partition coefficient (Wildman–Crippen LogP) is 3.67. The third-order valence-electron chi connectivity index (χ3n) is 5.47. The summed E-state index contributed by atoms with van der Waals surface area (Å²) >= 11 is 0. The first-order valence-corrected chi connectivity index (χ1v) is 9.86. The molecule has 2 aromatic carbocycles. The fraction of sp³-hybridized carbons (Fsp3) is 0.364. The van der Waals surface area contributed by atoms with E-state index in [0.717, 1.165) is 48.4 Å². The third kappa shape index (κ3) is 4.13. The number of methoxy groups -OCH3 is 2. The molecule has 0 bridgehead atoms. The van der Waals surface area contributed by atoms with Crippen LogP contribution >= 0.6 is 0 Å². The number of benzene rings is 2. The number of aromatic amines is 1. The van der Waals surface area contributed by atoms with Gasteiger partial charge in [-0.2, -0.15) is 0 Å². The van der Waals surface area contributed by atoms with Crippen molar-refractivity contribution in [3.8, 4) is 11.5 Å². The first kappa shape index (κ1) is 19.1. The number of amides is 2. The average molecular weight is 394 g/mol. The highest BCUT2D eigenvalue weighted by Gasteiger charge is 2.25. The quantitative estimate of drug-likeness (QED) is 0.692.